The zero-order chi connectivity index (χ0) is 4.28. The molecule has 1 nitrogen and oxygen atoms in total. The van der Waals surface area contributed by atoms with Crippen molar-refractivity contribution in [2.45, 2.75) is 0 Å². The van der Waals surface area contributed by atoms with Crippen LogP contribution >= 0.6 is 12.6 Å². The highest BCUT2D eigenvalue weighted by molar-refractivity contribution is 7.81. The van der Waals surface area contributed by atoms with Crippen LogP contribution in [0, 0.1) is 0 Å². The van der Waals surface area contributed by atoms with Gasteiger partial charge in [-0.1, -0.05) is 0 Å². The first-order chi connectivity index (χ1) is 2.27. The van der Waals surface area contributed by atoms with Gasteiger partial charge in [0, 0.05) is 5.75 Å². The van der Waals surface area contributed by atoms with Gasteiger partial charge in [-0.15, -0.1) is 0 Å². The molecule has 0 aliphatic heterocycles. The SMILES string of the molecule is O=C([SiH3])CS. The van der Waals surface area contributed by atoms with Crippen LogP contribution in [0.1, 0.15) is 0 Å². The standard InChI is InChI=1S/C2H6OSSi/c3-2(5)1-4/h4H,1H2,5H3. The van der Waals surface area contributed by atoms with Gasteiger partial charge in [0.2, 0.25) is 0 Å². The molecule has 0 unspecified atom stereocenters. The summed E-state index contributed by atoms with van der Waals surface area (Å²) < 4.78 is 0. The Labute approximate surface area is 39.6 Å². The summed E-state index contributed by atoms with van der Waals surface area (Å²) >= 11 is 3.70. The highest BCUT2D eigenvalue weighted by atomic mass is 32.1. The van der Waals surface area contributed by atoms with Crippen molar-refractivity contribution in [3.05, 3.63) is 0 Å². The number of thiol groups is 1. The third-order valence-electron chi connectivity index (χ3n) is 0.223. The van der Waals surface area contributed by atoms with Crippen molar-refractivity contribution in [1.29, 1.82) is 0 Å². The Kier molecular flexibility index (Phi) is 2.59. The minimum Gasteiger partial charge on any atom is -0.306 e. The van der Waals surface area contributed by atoms with E-state index < -0.39 is 0 Å². The lowest BCUT2D eigenvalue weighted by Gasteiger charge is -1.71. The Morgan fingerprint density at radius 1 is 2.00 bits per heavy atom. The van der Waals surface area contributed by atoms with Crippen LogP contribution in [0.5, 0.6) is 0 Å². The molecule has 0 aromatic carbocycles. The summed E-state index contributed by atoms with van der Waals surface area (Å²) in [6.07, 6.45) is 0. The molecule has 0 radical (unpaired) electrons. The van der Waals surface area contributed by atoms with Crippen molar-refractivity contribution in [2.24, 2.45) is 0 Å². The van der Waals surface area contributed by atoms with E-state index in [-0.39, 0.29) is 5.41 Å². The summed E-state index contributed by atoms with van der Waals surface area (Å²) in [7, 11) is 0.654. The Bertz CT molecular complexity index is 44.9. The third-order valence-corrected chi connectivity index (χ3v) is 1.62. The minimum atomic E-state index is 0.258. The van der Waals surface area contributed by atoms with E-state index in [1.54, 1.807) is 0 Å². The first kappa shape index (κ1) is 5.24. The predicted molar refractivity (Wildman–Crippen MR) is 28.8 cm³/mol. The van der Waals surface area contributed by atoms with Gasteiger partial charge >= 0.3 is 0 Å². The van der Waals surface area contributed by atoms with Gasteiger partial charge in [0.1, 0.15) is 5.41 Å². The lowest BCUT2D eigenvalue weighted by Crippen LogP contribution is -1.94. The number of rotatable bonds is 1. The maximum atomic E-state index is 9.80. The molecule has 0 saturated heterocycles. The van der Waals surface area contributed by atoms with E-state index in [4.69, 9.17) is 0 Å². The topological polar surface area (TPSA) is 17.1 Å². The van der Waals surface area contributed by atoms with Gasteiger partial charge < -0.3 is 4.79 Å². The maximum absolute atomic E-state index is 9.80. The van der Waals surface area contributed by atoms with E-state index in [2.05, 4.69) is 12.6 Å². The second-order valence-electron chi connectivity index (χ2n) is 0.860. The molecule has 0 amide bonds. The number of carbonyl (C=O) groups excluding carboxylic acids is 1. The Balaban J connectivity index is 2.85. The fourth-order valence-electron chi connectivity index (χ4n) is 0. The highest BCUT2D eigenvalue weighted by Crippen LogP contribution is 1.65. The first-order valence-corrected chi connectivity index (χ1v) is 3.01. The summed E-state index contributed by atoms with van der Waals surface area (Å²) in [6, 6.07) is 0. The molecule has 0 aliphatic rings. The lowest BCUT2D eigenvalue weighted by atomic mass is 10.9. The average molecular weight is 106 g/mol. The van der Waals surface area contributed by atoms with E-state index in [0.29, 0.717) is 16.0 Å². The van der Waals surface area contributed by atoms with Gasteiger partial charge in [-0.05, 0) is 0 Å². The third kappa shape index (κ3) is 4.24. The van der Waals surface area contributed by atoms with Crippen molar-refractivity contribution in [1.82, 2.24) is 0 Å². The maximum Gasteiger partial charge on any atom is 0.110 e. The van der Waals surface area contributed by atoms with Crippen molar-refractivity contribution >= 4 is 28.3 Å². The second-order valence-corrected chi connectivity index (χ2v) is 2.29. The molecule has 30 valence electrons. The van der Waals surface area contributed by atoms with Crippen LogP contribution in [0.15, 0.2) is 0 Å². The number of hydrogen-bond acceptors (Lipinski definition) is 2. The summed E-state index contributed by atoms with van der Waals surface area (Å²) in [4.78, 5) is 9.80. The van der Waals surface area contributed by atoms with Crippen LogP contribution < -0.4 is 0 Å². The molecule has 0 bridgehead atoms. The second kappa shape index (κ2) is 2.47. The van der Waals surface area contributed by atoms with Crippen molar-refractivity contribution < 1.29 is 4.79 Å². The molecule has 0 N–H and O–H groups in total. The van der Waals surface area contributed by atoms with Gasteiger partial charge in [-0.2, -0.15) is 12.6 Å². The first-order valence-electron chi connectivity index (χ1n) is 1.37. The predicted octanol–water partition coefficient (Wildman–Crippen LogP) is -1.19. The van der Waals surface area contributed by atoms with Gasteiger partial charge in [0.15, 0.2) is 0 Å². The lowest BCUT2D eigenvalue weighted by molar-refractivity contribution is -0.109. The molecule has 5 heavy (non-hydrogen) atoms. The highest BCUT2D eigenvalue weighted by Gasteiger charge is 1.77. The van der Waals surface area contributed by atoms with Crippen LogP contribution in [-0.4, -0.2) is 21.4 Å². The quantitative estimate of drug-likeness (QED) is 0.328. The van der Waals surface area contributed by atoms with E-state index >= 15 is 0 Å². The van der Waals surface area contributed by atoms with E-state index in [1.807, 2.05) is 0 Å². The minimum absolute atomic E-state index is 0.258. The van der Waals surface area contributed by atoms with E-state index in [1.165, 1.54) is 0 Å². The largest absolute Gasteiger partial charge is 0.306 e. The van der Waals surface area contributed by atoms with Crippen molar-refractivity contribution in [3.8, 4) is 0 Å². The Morgan fingerprint density at radius 3 is 2.20 bits per heavy atom. The fraction of sp³-hybridized carbons (Fsp3) is 0.500. The van der Waals surface area contributed by atoms with Crippen LogP contribution in [-0.2, 0) is 4.79 Å². The van der Waals surface area contributed by atoms with Crippen LogP contribution in [0.25, 0.3) is 0 Å². The summed E-state index contributed by atoms with van der Waals surface area (Å²) in [5.41, 5.74) is 0. The van der Waals surface area contributed by atoms with Crippen molar-refractivity contribution in [3.63, 3.8) is 0 Å². The zero-order valence-electron chi connectivity index (χ0n) is 3.06. The van der Waals surface area contributed by atoms with Crippen LogP contribution in [0.3, 0.4) is 0 Å². The van der Waals surface area contributed by atoms with Crippen LogP contribution in [0.2, 0.25) is 0 Å². The molecule has 0 aromatic heterocycles. The molecule has 0 aromatic rings. The summed E-state index contributed by atoms with van der Waals surface area (Å²) in [6.45, 7) is 0. The molecule has 0 fully saturated rings. The monoisotopic (exact) mass is 106 g/mol. The summed E-state index contributed by atoms with van der Waals surface area (Å²) in [5.74, 6) is 0.423. The van der Waals surface area contributed by atoms with E-state index in [0.717, 1.165) is 0 Å². The molecule has 0 aliphatic carbocycles. The fourth-order valence-corrected chi connectivity index (χ4v) is 0. The van der Waals surface area contributed by atoms with Gasteiger partial charge in [-0.25, -0.2) is 0 Å². The number of hydrogen-bond donors (Lipinski definition) is 1. The molecular formula is C2H6OSSi. The molecular weight excluding hydrogens is 100 g/mol. The molecule has 0 rings (SSSR count). The van der Waals surface area contributed by atoms with E-state index in [9.17, 15) is 4.79 Å². The molecule has 0 heterocycles. The summed E-state index contributed by atoms with van der Waals surface area (Å²) in [5, 5.41) is 0.258. The van der Waals surface area contributed by atoms with Gasteiger partial charge in [0.25, 0.3) is 0 Å². The zero-order valence-corrected chi connectivity index (χ0v) is 5.96. The molecule has 3 heteroatoms. The van der Waals surface area contributed by atoms with Crippen molar-refractivity contribution in [2.75, 3.05) is 5.75 Å². The average Bonchev–Trinajstić information content (AvgIpc) is 1.38. The molecule has 0 spiro atoms. The Morgan fingerprint density at radius 2 is 2.20 bits per heavy atom. The number of carbonyl (C=O) groups is 1. The molecule has 0 atom stereocenters. The van der Waals surface area contributed by atoms with Crippen LogP contribution in [0.4, 0.5) is 0 Å². The Hall–Kier alpha value is 0.237. The molecule has 0 saturated carbocycles. The smallest absolute Gasteiger partial charge is 0.110 e. The normalized spacial score (nSPS) is 8.20. The van der Waals surface area contributed by atoms with Gasteiger partial charge in [0.05, 0.1) is 10.2 Å². The van der Waals surface area contributed by atoms with Gasteiger partial charge in [-0.3, -0.25) is 0 Å².